The molecule has 168 valence electrons. The minimum Gasteiger partial charge on any atom is -0.496 e. The van der Waals surface area contributed by atoms with Crippen LogP contribution in [0.4, 0.5) is 0 Å². The number of ether oxygens (including phenoxy) is 2. The molecule has 3 rings (SSSR count). The van der Waals surface area contributed by atoms with Gasteiger partial charge in [0.25, 0.3) is 5.91 Å². The smallest absolute Gasteiger partial charge is 0.278 e. The van der Waals surface area contributed by atoms with E-state index in [9.17, 15) is 9.59 Å². The molecular formula is C22H30N4O4S. The van der Waals surface area contributed by atoms with Gasteiger partial charge in [-0.2, -0.15) is 0 Å². The van der Waals surface area contributed by atoms with Crippen molar-refractivity contribution in [3.8, 4) is 5.75 Å². The van der Waals surface area contributed by atoms with Crippen molar-refractivity contribution in [3.05, 3.63) is 35.0 Å². The molecule has 2 aliphatic rings. The fraction of sp³-hybridized carbons (Fsp3) is 0.500. The van der Waals surface area contributed by atoms with Crippen molar-refractivity contribution in [2.75, 3.05) is 52.3 Å². The highest BCUT2D eigenvalue weighted by Crippen LogP contribution is 2.27. The Hall–Kier alpha value is -2.36. The first kappa shape index (κ1) is 23.3. The van der Waals surface area contributed by atoms with Gasteiger partial charge in [-0.1, -0.05) is 17.8 Å². The van der Waals surface area contributed by atoms with Crippen LogP contribution >= 0.6 is 11.8 Å². The molecule has 31 heavy (non-hydrogen) atoms. The summed E-state index contributed by atoms with van der Waals surface area (Å²) in [7, 11) is 1.67. The van der Waals surface area contributed by atoms with Crippen LogP contribution in [0, 0.1) is 0 Å². The molecule has 1 N–H and O–H groups in total. The standard InChI is InChI=1S/C22H30N4O4S/c1-4-23-20(27)15-31-22-24-18(21(28)26(22)5-2)13-16-6-7-19(29-3)17(12-16)14-25-8-10-30-11-9-25/h6-7,12-13H,4-5,8-11,14-15H2,1-3H3,(H,23,27). The summed E-state index contributed by atoms with van der Waals surface area (Å²) in [6.07, 6.45) is 1.80. The molecule has 0 aliphatic carbocycles. The number of likely N-dealkylation sites (N-methyl/N-ethyl adjacent to an activating group) is 1. The molecule has 1 aromatic carbocycles. The van der Waals surface area contributed by atoms with Crippen molar-refractivity contribution in [3.63, 3.8) is 0 Å². The third-order valence-corrected chi connectivity index (χ3v) is 6.02. The Morgan fingerprint density at radius 2 is 2.10 bits per heavy atom. The number of morpholine rings is 1. The van der Waals surface area contributed by atoms with Crippen molar-refractivity contribution in [2.24, 2.45) is 4.99 Å². The quantitative estimate of drug-likeness (QED) is 0.615. The molecule has 9 heteroatoms. The predicted octanol–water partition coefficient (Wildman–Crippen LogP) is 1.96. The topological polar surface area (TPSA) is 83.5 Å². The average Bonchev–Trinajstić information content (AvgIpc) is 3.07. The second-order valence-corrected chi connectivity index (χ2v) is 8.12. The number of nitrogens with zero attached hydrogens (tertiary/aromatic N) is 3. The lowest BCUT2D eigenvalue weighted by molar-refractivity contribution is -0.122. The molecule has 0 unspecified atom stereocenters. The minimum atomic E-state index is -0.147. The zero-order valence-corrected chi connectivity index (χ0v) is 19.2. The normalized spacial score (nSPS) is 18.4. The van der Waals surface area contributed by atoms with E-state index in [1.54, 1.807) is 18.1 Å². The van der Waals surface area contributed by atoms with Gasteiger partial charge >= 0.3 is 0 Å². The van der Waals surface area contributed by atoms with Gasteiger partial charge in [-0.25, -0.2) is 4.99 Å². The molecule has 8 nitrogen and oxygen atoms in total. The van der Waals surface area contributed by atoms with Gasteiger partial charge < -0.3 is 14.8 Å². The number of amides is 2. The van der Waals surface area contributed by atoms with E-state index in [4.69, 9.17) is 9.47 Å². The molecule has 0 spiro atoms. The second-order valence-electron chi connectivity index (χ2n) is 7.18. The Bertz CT molecular complexity index is 865. The van der Waals surface area contributed by atoms with Gasteiger partial charge in [0, 0.05) is 38.3 Å². The number of carbonyl (C=O) groups is 2. The predicted molar refractivity (Wildman–Crippen MR) is 123 cm³/mol. The number of thioether (sulfide) groups is 1. The largest absolute Gasteiger partial charge is 0.496 e. The summed E-state index contributed by atoms with van der Waals surface area (Å²) in [5, 5.41) is 3.32. The molecule has 0 bridgehead atoms. The van der Waals surface area contributed by atoms with Crippen LogP contribution in [0.15, 0.2) is 28.9 Å². The molecule has 0 atom stereocenters. The van der Waals surface area contributed by atoms with Crippen LogP contribution in [0.5, 0.6) is 5.75 Å². The molecule has 0 radical (unpaired) electrons. The highest BCUT2D eigenvalue weighted by atomic mass is 32.2. The average molecular weight is 447 g/mol. The van der Waals surface area contributed by atoms with Crippen LogP contribution in [0.25, 0.3) is 6.08 Å². The van der Waals surface area contributed by atoms with Crippen molar-refractivity contribution >= 4 is 34.8 Å². The summed E-state index contributed by atoms with van der Waals surface area (Å²) >= 11 is 1.28. The summed E-state index contributed by atoms with van der Waals surface area (Å²) in [6, 6.07) is 5.89. The first-order valence-corrected chi connectivity index (χ1v) is 11.5. The van der Waals surface area contributed by atoms with E-state index in [-0.39, 0.29) is 17.6 Å². The van der Waals surface area contributed by atoms with Crippen LogP contribution in [0.1, 0.15) is 25.0 Å². The van der Waals surface area contributed by atoms with Gasteiger partial charge in [0.1, 0.15) is 11.4 Å². The van der Waals surface area contributed by atoms with Crippen molar-refractivity contribution in [1.82, 2.24) is 15.1 Å². The summed E-state index contributed by atoms with van der Waals surface area (Å²) in [5.41, 5.74) is 2.33. The highest BCUT2D eigenvalue weighted by Gasteiger charge is 2.29. The van der Waals surface area contributed by atoms with Crippen LogP contribution in [0.3, 0.4) is 0 Å². The van der Waals surface area contributed by atoms with Crippen LogP contribution in [-0.4, -0.2) is 79.0 Å². The number of hydrogen-bond donors (Lipinski definition) is 1. The van der Waals surface area contributed by atoms with Gasteiger partial charge in [-0.15, -0.1) is 0 Å². The van der Waals surface area contributed by atoms with E-state index < -0.39 is 0 Å². The summed E-state index contributed by atoms with van der Waals surface area (Å²) in [4.78, 5) is 33.1. The Morgan fingerprint density at radius 1 is 1.32 bits per heavy atom. The SMILES string of the molecule is CCNC(=O)CSC1=NC(=Cc2ccc(OC)c(CN3CCOCC3)c2)C(=O)N1CC. The van der Waals surface area contributed by atoms with Crippen LogP contribution in [-0.2, 0) is 20.9 Å². The van der Waals surface area contributed by atoms with Gasteiger partial charge in [0.05, 0.1) is 26.1 Å². The molecule has 2 amide bonds. The van der Waals surface area contributed by atoms with Crippen molar-refractivity contribution in [2.45, 2.75) is 20.4 Å². The summed E-state index contributed by atoms with van der Waals surface area (Å²) in [6.45, 7) is 8.86. The minimum absolute atomic E-state index is 0.0703. The van der Waals surface area contributed by atoms with Crippen molar-refractivity contribution < 1.29 is 19.1 Å². The summed E-state index contributed by atoms with van der Waals surface area (Å²) in [5.74, 6) is 0.837. The van der Waals surface area contributed by atoms with Gasteiger partial charge in [-0.3, -0.25) is 19.4 Å². The molecule has 2 aliphatic heterocycles. The van der Waals surface area contributed by atoms with Crippen molar-refractivity contribution in [1.29, 1.82) is 0 Å². The molecular weight excluding hydrogens is 416 g/mol. The van der Waals surface area contributed by atoms with E-state index >= 15 is 0 Å². The highest BCUT2D eigenvalue weighted by molar-refractivity contribution is 8.14. The van der Waals surface area contributed by atoms with E-state index in [2.05, 4.69) is 15.2 Å². The van der Waals surface area contributed by atoms with E-state index in [0.717, 1.165) is 49.7 Å². The molecule has 1 fully saturated rings. The number of benzene rings is 1. The van der Waals surface area contributed by atoms with E-state index in [1.807, 2.05) is 32.0 Å². The molecule has 0 saturated carbocycles. The Labute approximate surface area is 187 Å². The molecule has 2 heterocycles. The Kier molecular flexibility index (Phi) is 8.51. The first-order chi connectivity index (χ1) is 15.0. The van der Waals surface area contributed by atoms with Gasteiger partial charge in [0.15, 0.2) is 5.17 Å². The monoisotopic (exact) mass is 446 g/mol. The molecule has 1 aromatic rings. The Morgan fingerprint density at radius 3 is 2.77 bits per heavy atom. The molecule has 1 saturated heterocycles. The number of methoxy groups -OCH3 is 1. The maximum atomic E-state index is 12.8. The number of rotatable bonds is 8. The van der Waals surface area contributed by atoms with Gasteiger partial charge in [0.2, 0.25) is 5.91 Å². The maximum Gasteiger partial charge on any atom is 0.278 e. The second kappa shape index (κ2) is 11.3. The lowest BCUT2D eigenvalue weighted by atomic mass is 10.1. The number of hydrogen-bond acceptors (Lipinski definition) is 7. The third kappa shape index (κ3) is 6.09. The Balaban J connectivity index is 1.79. The lowest BCUT2D eigenvalue weighted by Gasteiger charge is -2.27. The van der Waals surface area contributed by atoms with Crippen LogP contribution < -0.4 is 10.1 Å². The van der Waals surface area contributed by atoms with Gasteiger partial charge in [-0.05, 0) is 37.6 Å². The maximum absolute atomic E-state index is 12.8. The lowest BCUT2D eigenvalue weighted by Crippen LogP contribution is -2.35. The molecule has 0 aromatic heterocycles. The van der Waals surface area contributed by atoms with E-state index in [0.29, 0.717) is 24.0 Å². The third-order valence-electron chi connectivity index (χ3n) is 5.04. The zero-order valence-electron chi connectivity index (χ0n) is 18.3. The number of aliphatic imine (C=N–C) groups is 1. The first-order valence-electron chi connectivity index (χ1n) is 10.5. The fourth-order valence-electron chi connectivity index (χ4n) is 3.47. The number of amidine groups is 1. The fourth-order valence-corrected chi connectivity index (χ4v) is 4.36. The number of carbonyl (C=O) groups excluding carboxylic acids is 2. The number of nitrogens with one attached hydrogen (secondary N) is 1. The summed E-state index contributed by atoms with van der Waals surface area (Å²) < 4.78 is 11.0. The van der Waals surface area contributed by atoms with Crippen LogP contribution in [0.2, 0.25) is 0 Å². The van der Waals surface area contributed by atoms with E-state index in [1.165, 1.54) is 11.8 Å². The zero-order chi connectivity index (χ0) is 22.2.